The minimum Gasteiger partial charge on any atom is -0.475 e. The lowest BCUT2D eigenvalue weighted by Gasteiger charge is -2.24. The number of aliphatic carboxylic acids is 1. The third-order valence-corrected chi connectivity index (χ3v) is 1.96. The summed E-state index contributed by atoms with van der Waals surface area (Å²) in [5, 5.41) is 7.12. The number of carbonyl (C=O) groups is 2. The first-order valence-electron chi connectivity index (χ1n) is 4.45. The van der Waals surface area contributed by atoms with E-state index in [1.807, 2.05) is 20.8 Å². The lowest BCUT2D eigenvalue weighted by atomic mass is 9.88. The van der Waals surface area contributed by atoms with Crippen LogP contribution >= 0.6 is 0 Å². The maximum atomic E-state index is 10.6. The van der Waals surface area contributed by atoms with Gasteiger partial charge in [-0.25, -0.2) is 4.79 Å². The summed E-state index contributed by atoms with van der Waals surface area (Å²) in [6.07, 6.45) is -3.61. The van der Waals surface area contributed by atoms with Crippen molar-refractivity contribution in [3.05, 3.63) is 0 Å². The number of carbonyl (C=O) groups excluding carboxylic acids is 1. The van der Waals surface area contributed by atoms with Gasteiger partial charge in [-0.15, -0.1) is 0 Å². The van der Waals surface area contributed by atoms with E-state index >= 15 is 0 Å². The van der Waals surface area contributed by atoms with Gasteiger partial charge in [-0.05, 0) is 19.8 Å². The van der Waals surface area contributed by atoms with Crippen LogP contribution in [0.1, 0.15) is 27.2 Å². The second kappa shape index (κ2) is 6.47. The predicted molar refractivity (Wildman–Crippen MR) is 51.8 cm³/mol. The molecule has 0 saturated heterocycles. The Morgan fingerprint density at radius 2 is 1.75 bits per heavy atom. The van der Waals surface area contributed by atoms with Crippen molar-refractivity contribution in [1.29, 1.82) is 0 Å². The fraction of sp³-hybridized carbons (Fsp3) is 0.778. The van der Waals surface area contributed by atoms with Crippen molar-refractivity contribution < 1.29 is 27.9 Å². The summed E-state index contributed by atoms with van der Waals surface area (Å²) >= 11 is 0. The molecular formula is C9H16F3NO3. The molecule has 1 atom stereocenters. The Hall–Kier alpha value is -1.11. The zero-order valence-corrected chi connectivity index (χ0v) is 9.34. The molecule has 0 saturated carbocycles. The Labute approximate surface area is 91.6 Å². The predicted octanol–water partition coefficient (Wildman–Crippen LogP) is 1.58. The van der Waals surface area contributed by atoms with Crippen LogP contribution in [-0.2, 0) is 9.59 Å². The zero-order chi connectivity index (χ0) is 13.6. The molecule has 96 valence electrons. The van der Waals surface area contributed by atoms with E-state index in [0.29, 0.717) is 6.42 Å². The first-order valence-corrected chi connectivity index (χ1v) is 4.45. The highest BCUT2D eigenvalue weighted by Crippen LogP contribution is 2.14. The van der Waals surface area contributed by atoms with E-state index in [4.69, 9.17) is 15.6 Å². The molecule has 0 amide bonds. The zero-order valence-electron chi connectivity index (χ0n) is 9.34. The molecule has 0 aliphatic carbocycles. The molecule has 0 spiro atoms. The third kappa shape index (κ3) is 9.45. The molecule has 0 aromatic rings. The Kier molecular flexibility index (Phi) is 6.99. The topological polar surface area (TPSA) is 80.4 Å². The summed E-state index contributed by atoms with van der Waals surface area (Å²) in [5.41, 5.74) is 5.48. The summed E-state index contributed by atoms with van der Waals surface area (Å²) in [7, 11) is 0. The Balaban J connectivity index is 0. The van der Waals surface area contributed by atoms with Crippen LogP contribution in [0.15, 0.2) is 0 Å². The van der Waals surface area contributed by atoms with Gasteiger partial charge in [-0.3, -0.25) is 0 Å². The van der Waals surface area contributed by atoms with E-state index in [9.17, 15) is 18.0 Å². The second-order valence-electron chi connectivity index (χ2n) is 3.93. The minimum atomic E-state index is -5.08. The molecule has 0 fully saturated rings. The van der Waals surface area contributed by atoms with Crippen molar-refractivity contribution >= 4 is 12.3 Å². The highest BCUT2D eigenvalue weighted by molar-refractivity contribution is 5.73. The van der Waals surface area contributed by atoms with Gasteiger partial charge in [0.05, 0.1) is 0 Å². The van der Waals surface area contributed by atoms with Gasteiger partial charge in [0, 0.05) is 12.0 Å². The molecular weight excluding hydrogens is 227 g/mol. The van der Waals surface area contributed by atoms with Gasteiger partial charge in [-0.2, -0.15) is 13.2 Å². The molecule has 4 nitrogen and oxygen atoms in total. The van der Waals surface area contributed by atoms with Crippen LogP contribution < -0.4 is 5.73 Å². The first kappa shape index (κ1) is 17.3. The van der Waals surface area contributed by atoms with E-state index in [1.165, 1.54) is 0 Å². The molecule has 7 heteroatoms. The second-order valence-corrected chi connectivity index (χ2v) is 3.93. The largest absolute Gasteiger partial charge is 0.490 e. The fourth-order valence-corrected chi connectivity index (χ4v) is 0.448. The Bertz CT molecular complexity index is 233. The molecule has 16 heavy (non-hydrogen) atoms. The van der Waals surface area contributed by atoms with E-state index in [0.717, 1.165) is 6.29 Å². The van der Waals surface area contributed by atoms with Gasteiger partial charge in [-0.1, -0.05) is 6.92 Å². The minimum absolute atomic E-state index is 0.221. The van der Waals surface area contributed by atoms with Gasteiger partial charge < -0.3 is 15.6 Å². The van der Waals surface area contributed by atoms with Crippen LogP contribution in [0, 0.1) is 5.92 Å². The highest BCUT2D eigenvalue weighted by Gasteiger charge is 2.38. The summed E-state index contributed by atoms with van der Waals surface area (Å²) in [6, 6.07) is 0. The molecule has 0 aliphatic rings. The van der Waals surface area contributed by atoms with Gasteiger partial charge in [0.2, 0.25) is 0 Å². The van der Waals surface area contributed by atoms with Crippen LogP contribution in [0.3, 0.4) is 0 Å². The monoisotopic (exact) mass is 243 g/mol. The Morgan fingerprint density at radius 3 is 1.81 bits per heavy atom. The number of carboxylic acid groups (broad SMARTS) is 1. The van der Waals surface area contributed by atoms with E-state index < -0.39 is 12.1 Å². The number of halogens is 3. The Morgan fingerprint density at radius 1 is 1.44 bits per heavy atom. The number of hydrogen-bond donors (Lipinski definition) is 2. The quantitative estimate of drug-likeness (QED) is 0.737. The van der Waals surface area contributed by atoms with Crippen LogP contribution in [0.2, 0.25) is 0 Å². The molecule has 0 rings (SSSR count). The average molecular weight is 243 g/mol. The van der Waals surface area contributed by atoms with Crippen molar-refractivity contribution in [2.75, 3.05) is 0 Å². The SMILES string of the molecule is CC(CC=O)C(C)(C)N.O=C(O)C(F)(F)F. The lowest BCUT2D eigenvalue weighted by molar-refractivity contribution is -0.192. The molecule has 0 aromatic heterocycles. The average Bonchev–Trinajstić information content (AvgIpc) is 2.02. The van der Waals surface area contributed by atoms with Crippen molar-refractivity contribution in [2.45, 2.75) is 38.9 Å². The van der Waals surface area contributed by atoms with Gasteiger partial charge in [0.25, 0.3) is 0 Å². The van der Waals surface area contributed by atoms with Crippen molar-refractivity contribution in [2.24, 2.45) is 11.7 Å². The molecule has 1 unspecified atom stereocenters. The summed E-state index contributed by atoms with van der Waals surface area (Å²) < 4.78 is 31.7. The van der Waals surface area contributed by atoms with Crippen molar-refractivity contribution in [1.82, 2.24) is 0 Å². The normalized spacial score (nSPS) is 13.4. The van der Waals surface area contributed by atoms with Crippen LogP contribution in [0.5, 0.6) is 0 Å². The molecule has 0 heterocycles. The number of rotatable bonds is 3. The first-order chi connectivity index (χ1) is 6.92. The molecule has 0 aromatic carbocycles. The standard InChI is InChI=1S/C7H15NO.C2HF3O2/c1-6(4-5-9)7(2,3)8;3-2(4,5)1(6)7/h5-6H,4,8H2,1-3H3;(H,6,7). The van der Waals surface area contributed by atoms with Gasteiger partial charge >= 0.3 is 12.1 Å². The smallest absolute Gasteiger partial charge is 0.475 e. The van der Waals surface area contributed by atoms with E-state index in [-0.39, 0.29) is 11.5 Å². The van der Waals surface area contributed by atoms with E-state index in [2.05, 4.69) is 0 Å². The van der Waals surface area contributed by atoms with Crippen molar-refractivity contribution in [3.63, 3.8) is 0 Å². The van der Waals surface area contributed by atoms with Crippen LogP contribution in [-0.4, -0.2) is 29.1 Å². The van der Waals surface area contributed by atoms with Crippen molar-refractivity contribution in [3.8, 4) is 0 Å². The number of carboxylic acids is 1. The van der Waals surface area contributed by atoms with Crippen LogP contribution in [0.25, 0.3) is 0 Å². The number of alkyl halides is 3. The molecule has 0 bridgehead atoms. The van der Waals surface area contributed by atoms with Gasteiger partial charge in [0.15, 0.2) is 0 Å². The summed E-state index contributed by atoms with van der Waals surface area (Å²) in [4.78, 5) is 18.9. The number of hydrogen-bond acceptors (Lipinski definition) is 3. The molecule has 0 radical (unpaired) electrons. The molecule has 3 N–H and O–H groups in total. The number of nitrogens with two attached hydrogens (primary N) is 1. The molecule has 0 aliphatic heterocycles. The maximum absolute atomic E-state index is 10.6. The number of aldehydes is 1. The van der Waals surface area contributed by atoms with Crippen LogP contribution in [0.4, 0.5) is 13.2 Å². The fourth-order valence-electron chi connectivity index (χ4n) is 0.448. The summed E-state index contributed by atoms with van der Waals surface area (Å²) in [6.45, 7) is 5.84. The highest BCUT2D eigenvalue weighted by atomic mass is 19.4. The summed E-state index contributed by atoms with van der Waals surface area (Å²) in [5.74, 6) is -2.48. The van der Waals surface area contributed by atoms with Gasteiger partial charge in [0.1, 0.15) is 6.29 Å². The lowest BCUT2D eigenvalue weighted by Crippen LogP contribution is -2.39. The maximum Gasteiger partial charge on any atom is 0.490 e. The van der Waals surface area contributed by atoms with E-state index in [1.54, 1.807) is 0 Å². The third-order valence-electron chi connectivity index (χ3n) is 1.96.